The topological polar surface area (TPSA) is 41.1 Å². The number of rotatable bonds is 3. The van der Waals surface area contributed by atoms with Crippen molar-refractivity contribution in [1.29, 1.82) is 0 Å². The van der Waals surface area contributed by atoms with Crippen molar-refractivity contribution in [1.82, 2.24) is 5.32 Å². The number of halogens is 3. The smallest absolute Gasteiger partial charge is 0.325 e. The minimum Gasteiger partial charge on any atom is -0.325 e. The highest BCUT2D eigenvalue weighted by Gasteiger charge is 2.39. The Morgan fingerprint density at radius 1 is 1.43 bits per heavy atom. The van der Waals surface area contributed by atoms with Crippen LogP contribution in [0, 0.1) is 12.3 Å². The van der Waals surface area contributed by atoms with Crippen molar-refractivity contribution in [3.05, 3.63) is 29.3 Å². The fourth-order valence-corrected chi connectivity index (χ4v) is 2.59. The van der Waals surface area contributed by atoms with Crippen molar-refractivity contribution in [3.8, 4) is 0 Å². The second-order valence-electron chi connectivity index (χ2n) is 5.54. The fourth-order valence-electron chi connectivity index (χ4n) is 2.59. The number of nitrogens with one attached hydrogen (secondary N) is 2. The van der Waals surface area contributed by atoms with Gasteiger partial charge in [0, 0.05) is 12.2 Å². The summed E-state index contributed by atoms with van der Waals surface area (Å²) >= 11 is 0. The molecule has 1 heterocycles. The Hall–Kier alpha value is -1.56. The summed E-state index contributed by atoms with van der Waals surface area (Å²) in [6.07, 6.45) is -3.05. The van der Waals surface area contributed by atoms with Gasteiger partial charge in [0.25, 0.3) is 0 Å². The standard InChI is InChI=1S/C15H19F3N2O/c1-3-14(6-7-19-9-14)13(21)20-12-8-11(15(16,17)18)5-4-10(12)2/h4-5,8,19H,3,6-7,9H2,1-2H3,(H,20,21). The number of aryl methyl sites for hydroxylation is 1. The fraction of sp³-hybridized carbons (Fsp3) is 0.533. The van der Waals surface area contributed by atoms with Crippen molar-refractivity contribution in [3.63, 3.8) is 0 Å². The van der Waals surface area contributed by atoms with E-state index in [4.69, 9.17) is 0 Å². The van der Waals surface area contributed by atoms with Gasteiger partial charge in [-0.25, -0.2) is 0 Å². The van der Waals surface area contributed by atoms with E-state index in [-0.39, 0.29) is 11.6 Å². The summed E-state index contributed by atoms with van der Waals surface area (Å²) in [6.45, 7) is 4.92. The first-order chi connectivity index (χ1) is 9.78. The minimum atomic E-state index is -4.41. The van der Waals surface area contributed by atoms with Gasteiger partial charge in [-0.05, 0) is 44.0 Å². The first-order valence-electron chi connectivity index (χ1n) is 6.98. The molecule has 21 heavy (non-hydrogen) atoms. The van der Waals surface area contributed by atoms with Gasteiger partial charge in [-0.1, -0.05) is 13.0 Å². The van der Waals surface area contributed by atoms with Gasteiger partial charge in [-0.15, -0.1) is 0 Å². The zero-order valence-electron chi connectivity index (χ0n) is 12.1. The van der Waals surface area contributed by atoms with Crippen LogP contribution in [0.1, 0.15) is 30.9 Å². The van der Waals surface area contributed by atoms with Gasteiger partial charge in [-0.2, -0.15) is 13.2 Å². The lowest BCUT2D eigenvalue weighted by molar-refractivity contribution is -0.137. The van der Waals surface area contributed by atoms with Crippen LogP contribution in [0.4, 0.5) is 18.9 Å². The average molecular weight is 300 g/mol. The Kier molecular flexibility index (Phi) is 4.27. The molecule has 1 saturated heterocycles. The maximum absolute atomic E-state index is 12.8. The molecule has 116 valence electrons. The van der Waals surface area contributed by atoms with E-state index in [9.17, 15) is 18.0 Å². The largest absolute Gasteiger partial charge is 0.416 e. The predicted molar refractivity (Wildman–Crippen MR) is 75.0 cm³/mol. The number of hydrogen-bond acceptors (Lipinski definition) is 2. The molecule has 0 spiro atoms. The summed E-state index contributed by atoms with van der Waals surface area (Å²) in [6, 6.07) is 3.40. The second-order valence-corrected chi connectivity index (χ2v) is 5.54. The van der Waals surface area contributed by atoms with E-state index in [0.29, 0.717) is 24.9 Å². The first kappa shape index (κ1) is 15.8. The molecule has 1 aliphatic heterocycles. The number of alkyl halides is 3. The van der Waals surface area contributed by atoms with Crippen molar-refractivity contribution in [2.24, 2.45) is 5.41 Å². The Balaban J connectivity index is 2.25. The van der Waals surface area contributed by atoms with Crippen LogP contribution in [-0.2, 0) is 11.0 Å². The molecule has 0 aromatic heterocycles. The first-order valence-corrected chi connectivity index (χ1v) is 6.98. The van der Waals surface area contributed by atoms with Gasteiger partial charge >= 0.3 is 6.18 Å². The molecule has 1 fully saturated rings. The Labute approximate surface area is 121 Å². The van der Waals surface area contributed by atoms with Gasteiger partial charge in [0.15, 0.2) is 0 Å². The number of amides is 1. The summed E-state index contributed by atoms with van der Waals surface area (Å²) in [4.78, 5) is 12.4. The molecule has 0 radical (unpaired) electrons. The third-order valence-corrected chi connectivity index (χ3v) is 4.22. The molecule has 0 saturated carbocycles. The van der Waals surface area contributed by atoms with Crippen LogP contribution < -0.4 is 10.6 Å². The van der Waals surface area contributed by atoms with Gasteiger partial charge in [0.05, 0.1) is 11.0 Å². The molecule has 1 aromatic carbocycles. The molecular formula is C15H19F3N2O. The molecule has 0 aliphatic carbocycles. The molecule has 2 rings (SSSR count). The minimum absolute atomic E-state index is 0.211. The highest BCUT2D eigenvalue weighted by atomic mass is 19.4. The Morgan fingerprint density at radius 3 is 2.67 bits per heavy atom. The monoisotopic (exact) mass is 300 g/mol. The van der Waals surface area contributed by atoms with E-state index in [2.05, 4.69) is 10.6 Å². The van der Waals surface area contributed by atoms with E-state index in [0.717, 1.165) is 18.7 Å². The highest BCUT2D eigenvalue weighted by molar-refractivity contribution is 5.96. The van der Waals surface area contributed by atoms with Crippen LogP contribution in [0.5, 0.6) is 0 Å². The lowest BCUT2D eigenvalue weighted by Gasteiger charge is -2.26. The van der Waals surface area contributed by atoms with Crippen LogP contribution in [0.15, 0.2) is 18.2 Å². The summed E-state index contributed by atoms with van der Waals surface area (Å²) in [5, 5.41) is 5.82. The molecule has 3 nitrogen and oxygen atoms in total. The van der Waals surface area contributed by atoms with Crippen LogP contribution in [0.3, 0.4) is 0 Å². The summed E-state index contributed by atoms with van der Waals surface area (Å²) < 4.78 is 38.3. The lowest BCUT2D eigenvalue weighted by Crippen LogP contribution is -2.37. The summed E-state index contributed by atoms with van der Waals surface area (Å²) in [7, 11) is 0. The lowest BCUT2D eigenvalue weighted by atomic mass is 9.83. The molecule has 1 unspecified atom stereocenters. The van der Waals surface area contributed by atoms with Crippen molar-refractivity contribution >= 4 is 11.6 Å². The number of carbonyl (C=O) groups is 1. The highest BCUT2D eigenvalue weighted by Crippen LogP contribution is 2.34. The number of benzene rings is 1. The maximum atomic E-state index is 12.8. The van der Waals surface area contributed by atoms with Crippen molar-refractivity contribution in [2.75, 3.05) is 18.4 Å². The van der Waals surface area contributed by atoms with E-state index in [1.807, 2.05) is 6.92 Å². The number of hydrogen-bond donors (Lipinski definition) is 2. The van der Waals surface area contributed by atoms with Gasteiger partial charge in [0.1, 0.15) is 0 Å². The zero-order chi connectivity index (χ0) is 15.7. The number of anilines is 1. The van der Waals surface area contributed by atoms with Crippen molar-refractivity contribution in [2.45, 2.75) is 32.9 Å². The maximum Gasteiger partial charge on any atom is 0.416 e. The zero-order valence-corrected chi connectivity index (χ0v) is 12.1. The van der Waals surface area contributed by atoms with E-state index in [1.54, 1.807) is 6.92 Å². The molecular weight excluding hydrogens is 281 g/mol. The van der Waals surface area contributed by atoms with Crippen LogP contribution in [0.2, 0.25) is 0 Å². The molecule has 0 bridgehead atoms. The Morgan fingerprint density at radius 2 is 2.14 bits per heavy atom. The molecule has 1 amide bonds. The van der Waals surface area contributed by atoms with Crippen LogP contribution in [-0.4, -0.2) is 19.0 Å². The van der Waals surface area contributed by atoms with E-state index >= 15 is 0 Å². The quantitative estimate of drug-likeness (QED) is 0.899. The summed E-state index contributed by atoms with van der Waals surface area (Å²) in [5.74, 6) is -0.211. The molecule has 6 heteroatoms. The predicted octanol–water partition coefficient (Wildman–Crippen LogP) is 3.34. The van der Waals surface area contributed by atoms with Crippen molar-refractivity contribution < 1.29 is 18.0 Å². The third-order valence-electron chi connectivity index (χ3n) is 4.22. The van der Waals surface area contributed by atoms with Crippen LogP contribution >= 0.6 is 0 Å². The number of carbonyl (C=O) groups excluding carboxylic acids is 1. The van der Waals surface area contributed by atoms with Gasteiger partial charge in [-0.3, -0.25) is 4.79 Å². The molecule has 1 aromatic rings. The molecule has 1 aliphatic rings. The third kappa shape index (κ3) is 3.20. The summed E-state index contributed by atoms with van der Waals surface area (Å²) in [5.41, 5.74) is -0.428. The molecule has 2 N–H and O–H groups in total. The SMILES string of the molecule is CCC1(C(=O)Nc2cc(C(F)(F)F)ccc2C)CCNC1. The van der Waals surface area contributed by atoms with Gasteiger partial charge < -0.3 is 10.6 Å². The van der Waals surface area contributed by atoms with E-state index < -0.39 is 17.2 Å². The normalized spacial score (nSPS) is 22.3. The second kappa shape index (κ2) is 5.67. The van der Waals surface area contributed by atoms with Crippen LogP contribution in [0.25, 0.3) is 0 Å². The van der Waals surface area contributed by atoms with E-state index in [1.165, 1.54) is 6.07 Å². The Bertz CT molecular complexity index is 534. The average Bonchev–Trinajstić information content (AvgIpc) is 2.90. The molecule has 1 atom stereocenters. The van der Waals surface area contributed by atoms with Gasteiger partial charge in [0.2, 0.25) is 5.91 Å².